The van der Waals surface area contributed by atoms with Gasteiger partial charge in [0.05, 0.1) is 0 Å². The molecule has 0 spiro atoms. The number of hydrogen-bond donors (Lipinski definition) is 0. The van der Waals surface area contributed by atoms with E-state index in [1.165, 1.54) is 13.0 Å². The Bertz CT molecular complexity index is 198. The van der Waals surface area contributed by atoms with Crippen LogP contribution in [0.25, 0.3) is 0 Å². The Morgan fingerprint density at radius 3 is 2.46 bits per heavy atom. The zero-order chi connectivity index (χ0) is 10.3. The molecule has 0 radical (unpaired) electrons. The summed E-state index contributed by atoms with van der Waals surface area (Å²) in [5.41, 5.74) is 0. The van der Waals surface area contributed by atoms with E-state index in [0.717, 1.165) is 0 Å². The van der Waals surface area contributed by atoms with Crippen LogP contribution in [0, 0.1) is 0 Å². The second-order valence-corrected chi connectivity index (χ2v) is 2.45. The second kappa shape index (κ2) is 6.22. The molecule has 74 valence electrons. The molecule has 0 aliphatic rings. The number of hydrogen-bond acceptors (Lipinski definition) is 4. The number of ether oxygens (including phenoxy) is 2. The molecular formula is C9H14O4. The van der Waals surface area contributed by atoms with Gasteiger partial charge in [-0.15, -0.1) is 0 Å². The summed E-state index contributed by atoms with van der Waals surface area (Å²) in [6.45, 7) is 6.47. The first-order chi connectivity index (χ1) is 6.10. The van der Waals surface area contributed by atoms with Crippen LogP contribution in [0.2, 0.25) is 0 Å². The molecule has 0 aromatic rings. The van der Waals surface area contributed by atoms with Gasteiger partial charge in [0.15, 0.2) is 0 Å². The number of esters is 2. The van der Waals surface area contributed by atoms with E-state index in [2.05, 4.69) is 11.3 Å². The van der Waals surface area contributed by atoms with Crippen molar-refractivity contribution in [1.29, 1.82) is 0 Å². The fourth-order valence-corrected chi connectivity index (χ4v) is 0.676. The summed E-state index contributed by atoms with van der Waals surface area (Å²) in [4.78, 5) is 21.4. The maximum Gasteiger partial charge on any atom is 0.309 e. The molecular weight excluding hydrogens is 172 g/mol. The van der Waals surface area contributed by atoms with Gasteiger partial charge < -0.3 is 9.47 Å². The van der Waals surface area contributed by atoms with E-state index in [1.807, 2.05) is 6.92 Å². The smallest absolute Gasteiger partial charge is 0.309 e. The normalized spacial score (nSPS) is 11.5. The zero-order valence-electron chi connectivity index (χ0n) is 7.91. The van der Waals surface area contributed by atoms with E-state index in [-0.39, 0.29) is 0 Å². The van der Waals surface area contributed by atoms with Crippen molar-refractivity contribution >= 4 is 11.9 Å². The SMILES string of the molecule is C=CC(OC(C)=O)OC(=O)CCC. The van der Waals surface area contributed by atoms with Gasteiger partial charge in [-0.05, 0) is 12.5 Å². The maximum atomic E-state index is 10.9. The van der Waals surface area contributed by atoms with Crippen molar-refractivity contribution in [3.63, 3.8) is 0 Å². The Hall–Kier alpha value is -1.32. The zero-order valence-corrected chi connectivity index (χ0v) is 7.91. The van der Waals surface area contributed by atoms with E-state index in [9.17, 15) is 9.59 Å². The van der Waals surface area contributed by atoms with Crippen molar-refractivity contribution in [2.24, 2.45) is 0 Å². The predicted molar refractivity (Wildman–Crippen MR) is 46.8 cm³/mol. The highest BCUT2D eigenvalue weighted by Gasteiger charge is 2.12. The molecule has 4 heteroatoms. The Morgan fingerprint density at radius 2 is 2.08 bits per heavy atom. The summed E-state index contributed by atoms with van der Waals surface area (Å²) in [6.07, 6.45) is 1.31. The fraction of sp³-hybridized carbons (Fsp3) is 0.556. The molecule has 0 amide bonds. The number of rotatable bonds is 5. The van der Waals surface area contributed by atoms with Crippen LogP contribution >= 0.6 is 0 Å². The molecule has 1 atom stereocenters. The first-order valence-electron chi connectivity index (χ1n) is 4.09. The topological polar surface area (TPSA) is 52.6 Å². The van der Waals surface area contributed by atoms with Gasteiger partial charge in [-0.25, -0.2) is 0 Å². The fourth-order valence-electron chi connectivity index (χ4n) is 0.676. The predicted octanol–water partition coefficient (Wildman–Crippen LogP) is 1.40. The van der Waals surface area contributed by atoms with E-state index in [1.54, 1.807) is 0 Å². The minimum Gasteiger partial charge on any atom is -0.421 e. The summed E-state index contributed by atoms with van der Waals surface area (Å²) in [7, 11) is 0. The number of carbonyl (C=O) groups excluding carboxylic acids is 2. The summed E-state index contributed by atoms with van der Waals surface area (Å²) >= 11 is 0. The molecule has 0 aromatic heterocycles. The molecule has 0 saturated heterocycles. The molecule has 0 aliphatic heterocycles. The van der Waals surface area contributed by atoms with E-state index < -0.39 is 18.2 Å². The first kappa shape index (κ1) is 11.7. The highest BCUT2D eigenvalue weighted by molar-refractivity contribution is 5.70. The van der Waals surface area contributed by atoms with Gasteiger partial charge in [0.1, 0.15) is 0 Å². The molecule has 4 nitrogen and oxygen atoms in total. The second-order valence-electron chi connectivity index (χ2n) is 2.45. The molecule has 0 bridgehead atoms. The van der Waals surface area contributed by atoms with Gasteiger partial charge in [-0.1, -0.05) is 13.5 Å². The van der Waals surface area contributed by atoms with Gasteiger partial charge in [0, 0.05) is 13.3 Å². The van der Waals surface area contributed by atoms with Crippen LogP contribution in [0.15, 0.2) is 12.7 Å². The lowest BCUT2D eigenvalue weighted by atomic mass is 10.3. The van der Waals surface area contributed by atoms with Crippen molar-refractivity contribution < 1.29 is 19.1 Å². The Kier molecular flexibility index (Phi) is 5.59. The Labute approximate surface area is 77.5 Å². The average Bonchev–Trinajstić information content (AvgIpc) is 2.02. The third-order valence-corrected chi connectivity index (χ3v) is 1.18. The van der Waals surface area contributed by atoms with Crippen molar-refractivity contribution in [2.75, 3.05) is 0 Å². The minimum absolute atomic E-state index is 0.311. The van der Waals surface area contributed by atoms with E-state index >= 15 is 0 Å². The molecule has 0 saturated carbocycles. The lowest BCUT2D eigenvalue weighted by Gasteiger charge is -2.12. The van der Waals surface area contributed by atoms with Gasteiger partial charge in [0.25, 0.3) is 6.29 Å². The standard InChI is InChI=1S/C9H14O4/c1-4-6-8(11)13-9(5-2)12-7(3)10/h5,9H,2,4,6H2,1,3H3. The molecule has 13 heavy (non-hydrogen) atoms. The molecule has 0 aromatic carbocycles. The lowest BCUT2D eigenvalue weighted by molar-refractivity contribution is -0.177. The Morgan fingerprint density at radius 1 is 1.46 bits per heavy atom. The summed E-state index contributed by atoms with van der Waals surface area (Å²) in [5, 5.41) is 0. The van der Waals surface area contributed by atoms with Crippen LogP contribution in [0.3, 0.4) is 0 Å². The maximum absolute atomic E-state index is 10.9. The minimum atomic E-state index is -0.962. The van der Waals surface area contributed by atoms with Crippen LogP contribution in [-0.2, 0) is 19.1 Å². The quantitative estimate of drug-likeness (QED) is 0.370. The van der Waals surface area contributed by atoms with Crippen LogP contribution in [0.5, 0.6) is 0 Å². The molecule has 0 aliphatic carbocycles. The third-order valence-electron chi connectivity index (χ3n) is 1.18. The van der Waals surface area contributed by atoms with Gasteiger partial charge in [0.2, 0.25) is 0 Å². The third kappa shape index (κ3) is 5.90. The largest absolute Gasteiger partial charge is 0.421 e. The molecule has 0 heterocycles. The molecule has 0 fully saturated rings. The van der Waals surface area contributed by atoms with E-state index in [4.69, 9.17) is 4.74 Å². The van der Waals surface area contributed by atoms with Crippen molar-refractivity contribution in [1.82, 2.24) is 0 Å². The van der Waals surface area contributed by atoms with Crippen LogP contribution in [-0.4, -0.2) is 18.2 Å². The highest BCUT2D eigenvalue weighted by Crippen LogP contribution is 2.00. The van der Waals surface area contributed by atoms with Gasteiger partial charge >= 0.3 is 11.9 Å². The summed E-state index contributed by atoms with van der Waals surface area (Å²) in [5.74, 6) is -0.900. The van der Waals surface area contributed by atoms with Gasteiger partial charge in [-0.3, -0.25) is 9.59 Å². The lowest BCUT2D eigenvalue weighted by Crippen LogP contribution is -2.21. The molecule has 0 rings (SSSR count). The van der Waals surface area contributed by atoms with Crippen molar-refractivity contribution in [2.45, 2.75) is 33.0 Å². The van der Waals surface area contributed by atoms with Crippen LogP contribution in [0.1, 0.15) is 26.7 Å². The first-order valence-corrected chi connectivity index (χ1v) is 4.09. The Balaban J connectivity index is 3.90. The van der Waals surface area contributed by atoms with Crippen LogP contribution in [0.4, 0.5) is 0 Å². The molecule has 0 N–H and O–H groups in total. The highest BCUT2D eigenvalue weighted by atomic mass is 16.7. The van der Waals surface area contributed by atoms with Gasteiger partial charge in [-0.2, -0.15) is 0 Å². The number of carbonyl (C=O) groups is 2. The van der Waals surface area contributed by atoms with Crippen LogP contribution < -0.4 is 0 Å². The van der Waals surface area contributed by atoms with Crippen molar-refractivity contribution in [3.05, 3.63) is 12.7 Å². The monoisotopic (exact) mass is 186 g/mol. The van der Waals surface area contributed by atoms with E-state index in [0.29, 0.717) is 12.8 Å². The summed E-state index contributed by atoms with van der Waals surface area (Å²) < 4.78 is 9.37. The molecule has 1 unspecified atom stereocenters. The average molecular weight is 186 g/mol. The van der Waals surface area contributed by atoms with Crippen molar-refractivity contribution in [3.8, 4) is 0 Å². The summed E-state index contributed by atoms with van der Waals surface area (Å²) in [6, 6.07) is 0.